The van der Waals surface area contributed by atoms with Crippen LogP contribution in [0.5, 0.6) is 0 Å². The van der Waals surface area contributed by atoms with Gasteiger partial charge < -0.3 is 25.5 Å². The van der Waals surface area contributed by atoms with Crippen LogP contribution in [-0.2, 0) is 4.79 Å². The summed E-state index contributed by atoms with van der Waals surface area (Å²) < 4.78 is 6.56. The van der Waals surface area contributed by atoms with Gasteiger partial charge in [0, 0.05) is 14.9 Å². The molecule has 3 amide bonds. The largest absolute Gasteiger partial charge is 0.481 e. The predicted molar refractivity (Wildman–Crippen MR) is 144 cm³/mol. The van der Waals surface area contributed by atoms with Crippen molar-refractivity contribution in [3.63, 3.8) is 0 Å². The van der Waals surface area contributed by atoms with E-state index in [4.69, 9.17) is 39.2 Å². The van der Waals surface area contributed by atoms with E-state index >= 15 is 0 Å². The van der Waals surface area contributed by atoms with Crippen LogP contribution >= 0.6 is 50.7 Å². The Morgan fingerprint density at radius 3 is 2.25 bits per heavy atom. The van der Waals surface area contributed by atoms with Crippen molar-refractivity contribution in [1.82, 2.24) is 5.32 Å². The van der Waals surface area contributed by atoms with E-state index in [1.165, 1.54) is 12.1 Å². The second-order valence-corrected chi connectivity index (χ2v) is 10.8. The number of benzene rings is 2. The molecule has 0 radical (unpaired) electrons. The normalized spacial score (nSPS) is 14.9. The Bertz CT molecular complexity index is 1330. The van der Waals surface area contributed by atoms with Crippen LogP contribution in [0.15, 0.2) is 39.2 Å². The van der Waals surface area contributed by atoms with Gasteiger partial charge in [0.1, 0.15) is 11.3 Å². The first-order valence-corrected chi connectivity index (χ1v) is 13.0. The Balaban J connectivity index is 1.66. The molecular formula is C24H21BrCl3N3O5. The van der Waals surface area contributed by atoms with Gasteiger partial charge >= 0.3 is 12.0 Å². The molecule has 36 heavy (non-hydrogen) atoms. The fraction of sp³-hybridized carbons (Fsp3) is 0.292. The van der Waals surface area contributed by atoms with Gasteiger partial charge in [-0.2, -0.15) is 0 Å². The van der Waals surface area contributed by atoms with Crippen LogP contribution < -0.4 is 16.0 Å². The lowest BCUT2D eigenvalue weighted by Crippen LogP contribution is -2.51. The number of carbonyl (C=O) groups excluding carboxylic acids is 2. The number of hydrogen-bond donors (Lipinski definition) is 4. The number of fused-ring (bicyclic) bond motifs is 1. The third-order valence-corrected chi connectivity index (χ3v) is 7.33. The number of urea groups is 1. The molecule has 12 heteroatoms. The third kappa shape index (κ3) is 5.91. The fourth-order valence-corrected chi connectivity index (χ4v) is 5.69. The Morgan fingerprint density at radius 2 is 1.61 bits per heavy atom. The number of nitrogens with one attached hydrogen (secondary N) is 3. The number of furan rings is 1. The minimum atomic E-state index is -1.000. The zero-order valence-corrected chi connectivity index (χ0v) is 22.6. The number of carboxylic acid groups (broad SMARTS) is 1. The summed E-state index contributed by atoms with van der Waals surface area (Å²) in [5.74, 6) is -1.77. The zero-order valence-electron chi connectivity index (χ0n) is 18.7. The van der Waals surface area contributed by atoms with Gasteiger partial charge in [-0.15, -0.1) is 0 Å². The van der Waals surface area contributed by atoms with Gasteiger partial charge in [0.05, 0.1) is 27.7 Å². The van der Waals surface area contributed by atoms with E-state index in [-0.39, 0.29) is 33.6 Å². The van der Waals surface area contributed by atoms with Gasteiger partial charge in [-0.3, -0.25) is 9.59 Å². The second kappa shape index (κ2) is 10.9. The molecule has 1 aliphatic carbocycles. The molecule has 1 fully saturated rings. The van der Waals surface area contributed by atoms with Gasteiger partial charge in [-0.25, -0.2) is 4.79 Å². The maximum absolute atomic E-state index is 13.4. The summed E-state index contributed by atoms with van der Waals surface area (Å²) >= 11 is 21.7. The molecule has 1 saturated carbocycles. The Hall–Kier alpha value is -2.46. The van der Waals surface area contributed by atoms with Gasteiger partial charge in [0.2, 0.25) is 5.76 Å². The molecule has 3 aromatic rings. The van der Waals surface area contributed by atoms with Crippen molar-refractivity contribution in [3.05, 3.63) is 55.6 Å². The van der Waals surface area contributed by atoms with Crippen LogP contribution in [0.25, 0.3) is 11.0 Å². The molecular weight excluding hydrogens is 597 g/mol. The van der Waals surface area contributed by atoms with Gasteiger partial charge in [0.25, 0.3) is 5.91 Å². The average molecular weight is 618 g/mol. The first kappa shape index (κ1) is 26.6. The lowest BCUT2D eigenvalue weighted by molar-refractivity contribution is -0.139. The number of carboxylic acids is 1. The highest BCUT2D eigenvalue weighted by Gasteiger charge is 2.37. The topological polar surface area (TPSA) is 121 Å². The molecule has 0 bridgehead atoms. The van der Waals surface area contributed by atoms with E-state index in [9.17, 15) is 19.5 Å². The lowest BCUT2D eigenvalue weighted by Gasteiger charge is -2.36. The lowest BCUT2D eigenvalue weighted by atomic mass is 9.79. The molecule has 1 heterocycles. The molecule has 8 nitrogen and oxygen atoms in total. The smallest absolute Gasteiger partial charge is 0.323 e. The fourth-order valence-electron chi connectivity index (χ4n) is 4.44. The summed E-state index contributed by atoms with van der Waals surface area (Å²) in [7, 11) is 0. The third-order valence-electron chi connectivity index (χ3n) is 6.02. The number of rotatable bonds is 6. The van der Waals surface area contributed by atoms with Crippen LogP contribution in [-0.4, -0.2) is 28.6 Å². The van der Waals surface area contributed by atoms with E-state index < -0.39 is 23.4 Å². The van der Waals surface area contributed by atoms with Gasteiger partial charge in [-0.05, 0) is 43.2 Å². The van der Waals surface area contributed by atoms with Crippen LogP contribution in [0, 0.1) is 0 Å². The number of aliphatic carboxylic acids is 1. The Labute approximate surface area is 229 Å². The maximum atomic E-state index is 13.4. The number of amides is 3. The molecule has 1 aromatic heterocycles. The standard InChI is InChI=1S/C24H21BrCl3N3O5/c25-12-4-5-14-17(8-12)36-21(22(34)31-24(11-18(32)33)6-2-1-3-7-24)19(14)29-23(35)30-20-15(27)9-13(26)10-16(20)28/h4-5,8-10H,1-3,6-7,11H2,(H,31,34)(H,32,33)(H2,29,30,35). The molecule has 190 valence electrons. The molecule has 0 aliphatic heterocycles. The first-order chi connectivity index (χ1) is 17.1. The SMILES string of the molecule is O=C(O)CC1(NC(=O)c2oc3cc(Br)ccc3c2NC(=O)Nc2c(Cl)cc(Cl)cc2Cl)CCCCC1. The molecule has 0 unspecified atom stereocenters. The summed E-state index contributed by atoms with van der Waals surface area (Å²) in [6.07, 6.45) is 3.44. The first-order valence-electron chi connectivity index (χ1n) is 11.1. The number of carbonyl (C=O) groups is 3. The monoisotopic (exact) mass is 615 g/mol. The number of anilines is 2. The molecule has 4 rings (SSSR count). The van der Waals surface area contributed by atoms with Gasteiger partial charge in [-0.1, -0.05) is 70.0 Å². The number of hydrogen-bond acceptors (Lipinski definition) is 4. The van der Waals surface area contributed by atoms with E-state index in [2.05, 4.69) is 31.9 Å². The van der Waals surface area contributed by atoms with Crippen LogP contribution in [0.3, 0.4) is 0 Å². The van der Waals surface area contributed by atoms with Crippen LogP contribution in [0.4, 0.5) is 16.2 Å². The zero-order chi connectivity index (χ0) is 26.0. The maximum Gasteiger partial charge on any atom is 0.323 e. The quantitative estimate of drug-likeness (QED) is 0.226. The minimum absolute atomic E-state index is 0.120. The summed E-state index contributed by atoms with van der Waals surface area (Å²) in [5, 5.41) is 18.6. The highest BCUT2D eigenvalue weighted by atomic mass is 79.9. The molecule has 4 N–H and O–H groups in total. The Kier molecular flexibility index (Phi) is 8.04. The van der Waals surface area contributed by atoms with Crippen molar-refractivity contribution in [2.24, 2.45) is 0 Å². The molecule has 0 spiro atoms. The van der Waals surface area contributed by atoms with Crippen LogP contribution in [0.2, 0.25) is 15.1 Å². The average Bonchev–Trinajstić information content (AvgIpc) is 3.13. The van der Waals surface area contributed by atoms with Crippen LogP contribution in [0.1, 0.15) is 49.1 Å². The van der Waals surface area contributed by atoms with Crippen molar-refractivity contribution >= 4 is 91.0 Å². The van der Waals surface area contributed by atoms with Gasteiger partial charge in [0.15, 0.2) is 0 Å². The van der Waals surface area contributed by atoms with E-state index in [0.29, 0.717) is 33.3 Å². The summed E-state index contributed by atoms with van der Waals surface area (Å²) in [6.45, 7) is 0. The van der Waals surface area contributed by atoms with Crippen molar-refractivity contribution in [2.45, 2.75) is 44.1 Å². The predicted octanol–water partition coefficient (Wildman–Crippen LogP) is 7.71. The highest BCUT2D eigenvalue weighted by Crippen LogP contribution is 2.37. The van der Waals surface area contributed by atoms with E-state index in [0.717, 1.165) is 19.3 Å². The van der Waals surface area contributed by atoms with E-state index in [1.807, 2.05) is 0 Å². The van der Waals surface area contributed by atoms with Crippen molar-refractivity contribution in [1.29, 1.82) is 0 Å². The molecule has 0 atom stereocenters. The highest BCUT2D eigenvalue weighted by molar-refractivity contribution is 9.10. The van der Waals surface area contributed by atoms with Crippen molar-refractivity contribution in [2.75, 3.05) is 10.6 Å². The summed E-state index contributed by atoms with van der Waals surface area (Å²) in [6, 6.07) is 7.23. The van der Waals surface area contributed by atoms with Crippen molar-refractivity contribution < 1.29 is 23.9 Å². The second-order valence-electron chi connectivity index (χ2n) is 8.64. The summed E-state index contributed by atoms with van der Waals surface area (Å²) in [4.78, 5) is 37.9. The minimum Gasteiger partial charge on any atom is -0.481 e. The number of halogens is 4. The molecule has 1 aliphatic rings. The summed E-state index contributed by atoms with van der Waals surface area (Å²) in [5.41, 5.74) is -0.285. The Morgan fingerprint density at radius 1 is 0.972 bits per heavy atom. The molecule has 0 saturated heterocycles. The van der Waals surface area contributed by atoms with Crippen molar-refractivity contribution in [3.8, 4) is 0 Å². The molecule has 2 aromatic carbocycles. The van der Waals surface area contributed by atoms with E-state index in [1.54, 1.807) is 18.2 Å².